The largest absolute Gasteiger partial charge is 0.464 e. The van der Waals surface area contributed by atoms with Crippen molar-refractivity contribution in [3.63, 3.8) is 0 Å². The third kappa shape index (κ3) is 4.17. The first-order chi connectivity index (χ1) is 10.2. The van der Waals surface area contributed by atoms with Crippen LogP contribution in [0.4, 0.5) is 0 Å². The number of ether oxygens (including phenoxy) is 2. The van der Waals surface area contributed by atoms with Gasteiger partial charge in [0.05, 0.1) is 12.7 Å². The second kappa shape index (κ2) is 7.75. The fraction of sp³-hybridized carbons (Fsp3) is 0.867. The summed E-state index contributed by atoms with van der Waals surface area (Å²) in [5.74, 6) is 0.153. The SMILES string of the molecule is CCOC(=O)C1CNCCN1C(=O)CC1CC(OCC)C1. The molecule has 1 saturated heterocycles. The standard InChI is InChI=1S/C15H26N2O4/c1-3-20-12-7-11(8-12)9-14(18)17-6-5-16-10-13(17)15(19)21-4-2/h11-13,16H,3-10H2,1-2H3. The molecule has 1 aliphatic carbocycles. The molecular formula is C15H26N2O4. The number of hydrogen-bond acceptors (Lipinski definition) is 5. The molecule has 120 valence electrons. The van der Waals surface area contributed by atoms with Crippen molar-refractivity contribution in [2.24, 2.45) is 5.92 Å². The Morgan fingerprint density at radius 1 is 1.24 bits per heavy atom. The molecule has 0 radical (unpaired) electrons. The third-order valence-electron chi connectivity index (χ3n) is 4.18. The lowest BCUT2D eigenvalue weighted by Gasteiger charge is -2.38. The molecule has 2 fully saturated rings. The zero-order valence-electron chi connectivity index (χ0n) is 13.0. The maximum atomic E-state index is 12.4. The van der Waals surface area contributed by atoms with Crippen LogP contribution in [0.25, 0.3) is 0 Å². The number of rotatable bonds is 6. The van der Waals surface area contributed by atoms with E-state index in [4.69, 9.17) is 9.47 Å². The average molecular weight is 298 g/mol. The van der Waals surface area contributed by atoms with Gasteiger partial charge in [0.1, 0.15) is 6.04 Å². The van der Waals surface area contributed by atoms with Gasteiger partial charge in [-0.1, -0.05) is 0 Å². The highest BCUT2D eigenvalue weighted by molar-refractivity contribution is 5.85. The molecule has 2 aliphatic rings. The van der Waals surface area contributed by atoms with Gasteiger partial charge in [0.2, 0.25) is 5.91 Å². The maximum absolute atomic E-state index is 12.4. The first-order valence-corrected chi connectivity index (χ1v) is 7.94. The van der Waals surface area contributed by atoms with Crippen molar-refractivity contribution in [2.45, 2.75) is 45.3 Å². The van der Waals surface area contributed by atoms with E-state index in [1.54, 1.807) is 11.8 Å². The van der Waals surface area contributed by atoms with E-state index in [1.807, 2.05) is 6.92 Å². The van der Waals surface area contributed by atoms with Gasteiger partial charge in [0, 0.05) is 32.7 Å². The summed E-state index contributed by atoms with van der Waals surface area (Å²) in [5, 5.41) is 3.15. The number of hydrogen-bond donors (Lipinski definition) is 1. The molecule has 2 rings (SSSR count). The Morgan fingerprint density at radius 3 is 2.67 bits per heavy atom. The van der Waals surface area contributed by atoms with E-state index in [0.29, 0.717) is 38.1 Å². The Kier molecular flexibility index (Phi) is 5.99. The fourth-order valence-electron chi connectivity index (χ4n) is 3.03. The molecule has 1 atom stereocenters. The van der Waals surface area contributed by atoms with Crippen LogP contribution in [0, 0.1) is 5.92 Å². The molecule has 21 heavy (non-hydrogen) atoms. The Morgan fingerprint density at radius 2 is 2.00 bits per heavy atom. The fourth-order valence-corrected chi connectivity index (χ4v) is 3.03. The van der Waals surface area contributed by atoms with Crippen LogP contribution in [0.3, 0.4) is 0 Å². The Hall–Kier alpha value is -1.14. The molecule has 1 heterocycles. The van der Waals surface area contributed by atoms with Crippen LogP contribution in [0.15, 0.2) is 0 Å². The van der Waals surface area contributed by atoms with Crippen molar-refractivity contribution >= 4 is 11.9 Å². The van der Waals surface area contributed by atoms with Crippen molar-refractivity contribution in [3.8, 4) is 0 Å². The first-order valence-electron chi connectivity index (χ1n) is 7.94. The van der Waals surface area contributed by atoms with Gasteiger partial charge >= 0.3 is 5.97 Å². The summed E-state index contributed by atoms with van der Waals surface area (Å²) in [5.41, 5.74) is 0. The van der Waals surface area contributed by atoms with Gasteiger partial charge in [-0.3, -0.25) is 4.79 Å². The lowest BCUT2D eigenvalue weighted by Crippen LogP contribution is -2.57. The first kappa shape index (κ1) is 16.2. The monoisotopic (exact) mass is 298 g/mol. The summed E-state index contributed by atoms with van der Waals surface area (Å²) in [6, 6.07) is -0.478. The summed E-state index contributed by atoms with van der Waals surface area (Å²) < 4.78 is 10.6. The van der Waals surface area contributed by atoms with E-state index >= 15 is 0 Å². The zero-order chi connectivity index (χ0) is 15.2. The quantitative estimate of drug-likeness (QED) is 0.726. The molecule has 6 heteroatoms. The van der Waals surface area contributed by atoms with E-state index in [0.717, 1.165) is 26.0 Å². The molecule has 6 nitrogen and oxygen atoms in total. The van der Waals surface area contributed by atoms with Crippen LogP contribution in [0.5, 0.6) is 0 Å². The minimum Gasteiger partial charge on any atom is -0.464 e. The van der Waals surface area contributed by atoms with Gasteiger partial charge in [-0.2, -0.15) is 0 Å². The minimum atomic E-state index is -0.478. The van der Waals surface area contributed by atoms with E-state index in [-0.39, 0.29) is 11.9 Å². The van der Waals surface area contributed by atoms with Crippen LogP contribution in [-0.2, 0) is 19.1 Å². The number of esters is 1. The minimum absolute atomic E-state index is 0.0644. The number of piperazine rings is 1. The van der Waals surface area contributed by atoms with Crippen LogP contribution in [0.1, 0.15) is 33.1 Å². The van der Waals surface area contributed by atoms with Crippen molar-refractivity contribution < 1.29 is 19.1 Å². The van der Waals surface area contributed by atoms with Crippen molar-refractivity contribution in [3.05, 3.63) is 0 Å². The number of carbonyl (C=O) groups is 2. The van der Waals surface area contributed by atoms with E-state index in [2.05, 4.69) is 5.32 Å². The molecule has 1 saturated carbocycles. The maximum Gasteiger partial charge on any atom is 0.330 e. The Labute approximate surface area is 126 Å². The van der Waals surface area contributed by atoms with Gasteiger partial charge in [-0.15, -0.1) is 0 Å². The lowest BCUT2D eigenvalue weighted by atomic mass is 9.79. The van der Waals surface area contributed by atoms with Gasteiger partial charge in [0.15, 0.2) is 0 Å². The van der Waals surface area contributed by atoms with Crippen LogP contribution in [-0.4, -0.2) is 61.8 Å². The summed E-state index contributed by atoms with van der Waals surface area (Å²) in [7, 11) is 0. The normalized spacial score (nSPS) is 28.9. The predicted molar refractivity (Wildman–Crippen MR) is 77.8 cm³/mol. The Bertz CT molecular complexity index is 369. The summed E-state index contributed by atoms with van der Waals surface area (Å²) >= 11 is 0. The molecule has 0 aromatic heterocycles. The molecule has 0 aromatic rings. The molecule has 1 N–H and O–H groups in total. The lowest BCUT2D eigenvalue weighted by molar-refractivity contribution is -0.156. The molecule has 0 spiro atoms. The molecule has 1 amide bonds. The van der Waals surface area contributed by atoms with Crippen LogP contribution < -0.4 is 5.32 Å². The number of amides is 1. The highest BCUT2D eigenvalue weighted by Gasteiger charge is 2.37. The van der Waals surface area contributed by atoms with Crippen LogP contribution in [0.2, 0.25) is 0 Å². The van der Waals surface area contributed by atoms with E-state index < -0.39 is 6.04 Å². The third-order valence-corrected chi connectivity index (χ3v) is 4.18. The van der Waals surface area contributed by atoms with E-state index in [9.17, 15) is 9.59 Å². The predicted octanol–water partition coefficient (Wildman–Crippen LogP) is 0.555. The number of nitrogens with zero attached hydrogens (tertiary/aromatic N) is 1. The highest BCUT2D eigenvalue weighted by atomic mass is 16.5. The Balaban J connectivity index is 1.83. The second-order valence-corrected chi connectivity index (χ2v) is 5.68. The second-order valence-electron chi connectivity index (χ2n) is 5.68. The zero-order valence-corrected chi connectivity index (χ0v) is 13.0. The van der Waals surface area contributed by atoms with Crippen molar-refractivity contribution in [2.75, 3.05) is 32.8 Å². The molecule has 1 unspecified atom stereocenters. The molecule has 0 bridgehead atoms. The van der Waals surface area contributed by atoms with Gasteiger partial charge in [-0.05, 0) is 32.6 Å². The summed E-state index contributed by atoms with van der Waals surface area (Å²) in [6.45, 7) is 6.63. The number of nitrogens with one attached hydrogen (secondary N) is 1. The molecular weight excluding hydrogens is 272 g/mol. The van der Waals surface area contributed by atoms with Crippen molar-refractivity contribution in [1.82, 2.24) is 10.2 Å². The topological polar surface area (TPSA) is 67.9 Å². The highest BCUT2D eigenvalue weighted by Crippen LogP contribution is 2.33. The summed E-state index contributed by atoms with van der Waals surface area (Å²) in [4.78, 5) is 26.1. The molecule has 1 aliphatic heterocycles. The van der Waals surface area contributed by atoms with Crippen molar-refractivity contribution in [1.29, 1.82) is 0 Å². The smallest absolute Gasteiger partial charge is 0.330 e. The molecule has 0 aromatic carbocycles. The van der Waals surface area contributed by atoms with Gasteiger partial charge in [-0.25, -0.2) is 4.79 Å². The van der Waals surface area contributed by atoms with Gasteiger partial charge in [0.25, 0.3) is 0 Å². The van der Waals surface area contributed by atoms with E-state index in [1.165, 1.54) is 0 Å². The van der Waals surface area contributed by atoms with Gasteiger partial charge < -0.3 is 19.7 Å². The summed E-state index contributed by atoms with van der Waals surface area (Å²) in [6.07, 6.45) is 2.74. The number of carbonyl (C=O) groups excluding carboxylic acids is 2. The van der Waals surface area contributed by atoms with Crippen LogP contribution >= 0.6 is 0 Å². The average Bonchev–Trinajstić information content (AvgIpc) is 2.45.